The Kier molecular flexibility index (Phi) is 2.75. The van der Waals surface area contributed by atoms with Crippen molar-refractivity contribution in [3.05, 3.63) is 36.0 Å². The number of hydrogen-bond donors (Lipinski definition) is 2. The molecule has 1 aromatic carbocycles. The molecular weight excluding hydrogens is 278 g/mol. The molecule has 0 radical (unpaired) electrons. The Balaban J connectivity index is 2.00. The Morgan fingerprint density at radius 3 is 2.80 bits per heavy atom. The van der Waals surface area contributed by atoms with Gasteiger partial charge < -0.3 is 0 Å². The van der Waals surface area contributed by atoms with Crippen LogP contribution in [-0.4, -0.2) is 34.5 Å². The van der Waals surface area contributed by atoms with Crippen molar-refractivity contribution in [3.8, 4) is 11.4 Å². The van der Waals surface area contributed by atoms with Crippen LogP contribution in [0.5, 0.6) is 0 Å². The largest absolute Gasteiger partial charge is 0.284 e. The second-order valence-corrected chi connectivity index (χ2v) is 6.35. The molecule has 0 aliphatic rings. The average molecular weight is 291 g/mol. The first-order valence-electron chi connectivity index (χ1n) is 5.91. The maximum Gasteiger partial charge on any atom is 0.229 e. The van der Waals surface area contributed by atoms with Gasteiger partial charge in [0.2, 0.25) is 10.0 Å². The SMILES string of the molecule is Cc1cc2nc(-c3cccc(NS(C)(=O)=O)c3)nn2[nH]1. The number of sulfonamides is 1. The highest BCUT2D eigenvalue weighted by Crippen LogP contribution is 2.21. The maximum absolute atomic E-state index is 11.2. The molecule has 20 heavy (non-hydrogen) atoms. The van der Waals surface area contributed by atoms with Crippen LogP contribution >= 0.6 is 0 Å². The lowest BCUT2D eigenvalue weighted by molar-refractivity contribution is 0.607. The lowest BCUT2D eigenvalue weighted by Gasteiger charge is -2.04. The van der Waals surface area contributed by atoms with Gasteiger partial charge in [-0.2, -0.15) is 4.63 Å². The molecule has 0 saturated carbocycles. The van der Waals surface area contributed by atoms with E-state index < -0.39 is 10.0 Å². The van der Waals surface area contributed by atoms with Crippen molar-refractivity contribution in [3.63, 3.8) is 0 Å². The fourth-order valence-corrected chi connectivity index (χ4v) is 2.51. The van der Waals surface area contributed by atoms with Crippen molar-refractivity contribution in [1.29, 1.82) is 0 Å². The van der Waals surface area contributed by atoms with Gasteiger partial charge in [0.25, 0.3) is 0 Å². The van der Waals surface area contributed by atoms with Gasteiger partial charge >= 0.3 is 0 Å². The highest BCUT2D eigenvalue weighted by atomic mass is 32.2. The third-order valence-corrected chi connectivity index (χ3v) is 3.29. The number of rotatable bonds is 3. The number of aromatic nitrogens is 4. The van der Waals surface area contributed by atoms with Crippen LogP contribution in [0.1, 0.15) is 5.69 Å². The molecule has 0 bridgehead atoms. The van der Waals surface area contributed by atoms with E-state index in [1.165, 1.54) is 0 Å². The van der Waals surface area contributed by atoms with Crippen LogP contribution in [0.3, 0.4) is 0 Å². The van der Waals surface area contributed by atoms with Gasteiger partial charge in [0.15, 0.2) is 11.5 Å². The number of nitrogens with one attached hydrogen (secondary N) is 2. The van der Waals surface area contributed by atoms with Gasteiger partial charge in [-0.15, -0.1) is 5.10 Å². The summed E-state index contributed by atoms with van der Waals surface area (Å²) in [6.07, 6.45) is 1.11. The number of aryl methyl sites for hydroxylation is 1. The van der Waals surface area contributed by atoms with E-state index in [1.807, 2.05) is 19.1 Å². The minimum absolute atomic E-state index is 0.486. The van der Waals surface area contributed by atoms with Gasteiger partial charge in [-0.05, 0) is 19.1 Å². The van der Waals surface area contributed by atoms with E-state index in [0.717, 1.165) is 23.2 Å². The van der Waals surface area contributed by atoms with Gasteiger partial charge in [0.05, 0.1) is 6.26 Å². The lowest BCUT2D eigenvalue weighted by atomic mass is 10.2. The third-order valence-electron chi connectivity index (χ3n) is 2.68. The standard InChI is InChI=1S/C12H13N5O2S/c1-8-6-11-13-12(15-17(11)14-8)9-4-3-5-10(7-9)16-20(2,18)19/h3-7,14,16H,1-2H3. The molecule has 3 aromatic rings. The minimum Gasteiger partial charge on any atom is -0.284 e. The van der Waals surface area contributed by atoms with Crippen LogP contribution in [0.4, 0.5) is 5.69 Å². The van der Waals surface area contributed by atoms with Gasteiger partial charge in [0, 0.05) is 23.0 Å². The predicted octanol–water partition coefficient (Wildman–Crippen LogP) is 1.40. The molecule has 104 valence electrons. The monoisotopic (exact) mass is 291 g/mol. The van der Waals surface area contributed by atoms with E-state index in [2.05, 4.69) is 19.9 Å². The quantitative estimate of drug-likeness (QED) is 0.763. The number of fused-ring (bicyclic) bond motifs is 1. The van der Waals surface area contributed by atoms with Crippen LogP contribution < -0.4 is 4.72 Å². The highest BCUT2D eigenvalue weighted by molar-refractivity contribution is 7.92. The topological polar surface area (TPSA) is 92.2 Å². The highest BCUT2D eigenvalue weighted by Gasteiger charge is 2.09. The molecule has 0 unspecified atom stereocenters. The molecule has 0 spiro atoms. The zero-order valence-electron chi connectivity index (χ0n) is 11.0. The molecule has 8 heteroatoms. The van der Waals surface area contributed by atoms with Gasteiger partial charge in [0.1, 0.15) is 0 Å². The summed E-state index contributed by atoms with van der Waals surface area (Å²) in [6, 6.07) is 8.84. The number of aromatic amines is 1. The van der Waals surface area contributed by atoms with Crippen molar-refractivity contribution in [1.82, 2.24) is 19.8 Å². The number of nitrogens with zero attached hydrogens (tertiary/aromatic N) is 3. The maximum atomic E-state index is 11.2. The van der Waals surface area contributed by atoms with E-state index >= 15 is 0 Å². The van der Waals surface area contributed by atoms with Gasteiger partial charge in [-0.3, -0.25) is 9.82 Å². The molecule has 0 saturated heterocycles. The second-order valence-electron chi connectivity index (χ2n) is 4.60. The van der Waals surface area contributed by atoms with Crippen molar-refractivity contribution >= 4 is 21.4 Å². The average Bonchev–Trinajstić information content (AvgIpc) is 2.84. The molecule has 0 amide bonds. The number of H-pyrrole nitrogens is 1. The molecule has 7 nitrogen and oxygen atoms in total. The second kappa shape index (κ2) is 4.34. The Bertz CT molecular complexity index is 847. The summed E-state index contributed by atoms with van der Waals surface area (Å²) in [7, 11) is -3.30. The number of benzene rings is 1. The fraction of sp³-hybridized carbons (Fsp3) is 0.167. The summed E-state index contributed by atoms with van der Waals surface area (Å²) >= 11 is 0. The van der Waals surface area contributed by atoms with Gasteiger partial charge in [-0.25, -0.2) is 13.4 Å². The molecule has 0 aliphatic heterocycles. The molecule has 0 aliphatic carbocycles. The summed E-state index contributed by atoms with van der Waals surface area (Å²) in [4.78, 5) is 4.38. The van der Waals surface area contributed by atoms with Crippen LogP contribution in [0, 0.1) is 6.92 Å². The smallest absolute Gasteiger partial charge is 0.229 e. The van der Waals surface area contributed by atoms with E-state index in [4.69, 9.17) is 0 Å². The molecule has 2 aromatic heterocycles. The Hall–Kier alpha value is -2.35. The summed E-state index contributed by atoms with van der Waals surface area (Å²) < 4.78 is 26.5. The number of hydrogen-bond acceptors (Lipinski definition) is 4. The van der Waals surface area contributed by atoms with E-state index in [1.54, 1.807) is 22.8 Å². The fourth-order valence-electron chi connectivity index (χ4n) is 1.95. The summed E-state index contributed by atoms with van der Waals surface area (Å²) in [5.41, 5.74) is 2.92. The third kappa shape index (κ3) is 2.50. The zero-order valence-corrected chi connectivity index (χ0v) is 11.8. The Morgan fingerprint density at radius 2 is 2.10 bits per heavy atom. The zero-order chi connectivity index (χ0) is 14.3. The van der Waals surface area contributed by atoms with Crippen LogP contribution in [0.25, 0.3) is 17.0 Å². The molecule has 3 rings (SSSR count). The normalized spacial score (nSPS) is 11.9. The summed E-state index contributed by atoms with van der Waals surface area (Å²) in [5.74, 6) is 0.536. The Morgan fingerprint density at radius 1 is 1.30 bits per heavy atom. The molecule has 0 fully saturated rings. The summed E-state index contributed by atoms with van der Waals surface area (Å²) in [5, 5.41) is 7.35. The first-order valence-corrected chi connectivity index (χ1v) is 7.80. The van der Waals surface area contributed by atoms with E-state index in [-0.39, 0.29) is 0 Å². The summed E-state index contributed by atoms with van der Waals surface area (Å²) in [6.45, 7) is 1.92. The minimum atomic E-state index is -3.30. The molecular formula is C12H13N5O2S. The Labute approximate surface area is 115 Å². The van der Waals surface area contributed by atoms with Crippen LogP contribution in [-0.2, 0) is 10.0 Å². The first kappa shape index (κ1) is 12.7. The first-order chi connectivity index (χ1) is 9.40. The molecule has 2 heterocycles. The predicted molar refractivity (Wildman–Crippen MR) is 76.0 cm³/mol. The van der Waals surface area contributed by atoms with Crippen molar-refractivity contribution in [2.75, 3.05) is 11.0 Å². The molecule has 0 atom stereocenters. The lowest BCUT2D eigenvalue weighted by Crippen LogP contribution is -2.09. The van der Waals surface area contributed by atoms with E-state index in [9.17, 15) is 8.42 Å². The number of anilines is 1. The van der Waals surface area contributed by atoms with Crippen molar-refractivity contribution < 1.29 is 8.42 Å². The van der Waals surface area contributed by atoms with E-state index in [0.29, 0.717) is 11.5 Å². The van der Waals surface area contributed by atoms with Crippen LogP contribution in [0.15, 0.2) is 30.3 Å². The van der Waals surface area contributed by atoms with Gasteiger partial charge in [-0.1, -0.05) is 12.1 Å². The van der Waals surface area contributed by atoms with Crippen molar-refractivity contribution in [2.24, 2.45) is 0 Å². The van der Waals surface area contributed by atoms with Crippen LogP contribution in [0.2, 0.25) is 0 Å². The van der Waals surface area contributed by atoms with Crippen molar-refractivity contribution in [2.45, 2.75) is 6.92 Å². The molecule has 2 N–H and O–H groups in total.